The highest BCUT2D eigenvalue weighted by atomic mass is 32.2. The second-order valence-electron chi connectivity index (χ2n) is 6.71. The summed E-state index contributed by atoms with van der Waals surface area (Å²) < 4.78 is 0.433. The third kappa shape index (κ3) is 4.61. The SMILES string of the molecule is CN(C)c1ccc(/C=C2\SC(=S)N(/N=C/c3ccc(N(C)C)cc3)C2=O)cc1. The van der Waals surface area contributed by atoms with E-state index in [1.165, 1.54) is 16.8 Å². The summed E-state index contributed by atoms with van der Waals surface area (Å²) in [7, 11) is 7.96. The Kier molecular flexibility index (Phi) is 6.16. The fourth-order valence-corrected chi connectivity index (χ4v) is 3.73. The molecule has 28 heavy (non-hydrogen) atoms. The molecule has 1 saturated heterocycles. The van der Waals surface area contributed by atoms with Crippen molar-refractivity contribution in [1.29, 1.82) is 0 Å². The summed E-state index contributed by atoms with van der Waals surface area (Å²) in [6, 6.07) is 15.9. The molecule has 1 amide bonds. The summed E-state index contributed by atoms with van der Waals surface area (Å²) in [5, 5.41) is 5.57. The molecule has 7 heteroatoms. The minimum Gasteiger partial charge on any atom is -0.378 e. The van der Waals surface area contributed by atoms with Crippen LogP contribution in [0.5, 0.6) is 0 Å². The minimum atomic E-state index is -0.201. The largest absolute Gasteiger partial charge is 0.378 e. The van der Waals surface area contributed by atoms with Crippen LogP contribution in [0.25, 0.3) is 6.08 Å². The first-order valence-electron chi connectivity index (χ1n) is 8.72. The van der Waals surface area contributed by atoms with E-state index in [0.29, 0.717) is 9.23 Å². The van der Waals surface area contributed by atoms with Crippen molar-refractivity contribution < 1.29 is 4.79 Å². The molecule has 0 radical (unpaired) electrons. The van der Waals surface area contributed by atoms with Gasteiger partial charge in [0, 0.05) is 39.6 Å². The quantitative estimate of drug-likeness (QED) is 0.422. The predicted molar refractivity (Wildman–Crippen MR) is 124 cm³/mol. The van der Waals surface area contributed by atoms with Gasteiger partial charge in [0.15, 0.2) is 4.32 Å². The van der Waals surface area contributed by atoms with Crippen molar-refractivity contribution in [3.8, 4) is 0 Å². The van der Waals surface area contributed by atoms with Gasteiger partial charge in [-0.05, 0) is 53.7 Å². The highest BCUT2D eigenvalue weighted by molar-refractivity contribution is 8.26. The monoisotopic (exact) mass is 410 g/mol. The molecular weight excluding hydrogens is 388 g/mol. The van der Waals surface area contributed by atoms with Gasteiger partial charge in [-0.15, -0.1) is 0 Å². The molecule has 0 aromatic heterocycles. The fourth-order valence-electron chi connectivity index (χ4n) is 2.56. The maximum Gasteiger partial charge on any atom is 0.286 e. The molecule has 1 aliphatic rings. The zero-order valence-electron chi connectivity index (χ0n) is 16.3. The van der Waals surface area contributed by atoms with E-state index >= 15 is 0 Å². The van der Waals surface area contributed by atoms with E-state index in [1.807, 2.05) is 92.6 Å². The van der Waals surface area contributed by atoms with Crippen LogP contribution in [0.4, 0.5) is 11.4 Å². The van der Waals surface area contributed by atoms with Gasteiger partial charge in [0.1, 0.15) is 0 Å². The van der Waals surface area contributed by atoms with Gasteiger partial charge in [-0.3, -0.25) is 4.79 Å². The van der Waals surface area contributed by atoms with Crippen molar-refractivity contribution in [3.63, 3.8) is 0 Å². The fraction of sp³-hybridized carbons (Fsp3) is 0.190. The molecule has 0 bridgehead atoms. The summed E-state index contributed by atoms with van der Waals surface area (Å²) in [6.07, 6.45) is 3.50. The number of carbonyl (C=O) groups is 1. The van der Waals surface area contributed by atoms with Gasteiger partial charge in [-0.25, -0.2) is 0 Å². The average molecular weight is 411 g/mol. The summed E-state index contributed by atoms with van der Waals surface area (Å²) >= 11 is 6.60. The number of hydrazone groups is 1. The molecule has 0 saturated carbocycles. The van der Waals surface area contributed by atoms with E-state index < -0.39 is 0 Å². The number of hydrogen-bond donors (Lipinski definition) is 0. The topological polar surface area (TPSA) is 39.1 Å². The van der Waals surface area contributed by atoms with Gasteiger partial charge in [0.25, 0.3) is 5.91 Å². The predicted octanol–water partition coefficient (Wildman–Crippen LogP) is 4.05. The second-order valence-corrected chi connectivity index (χ2v) is 8.39. The third-order valence-electron chi connectivity index (χ3n) is 4.21. The Bertz CT molecular complexity index is 932. The number of amides is 1. The summed E-state index contributed by atoms with van der Waals surface area (Å²) in [5.74, 6) is -0.201. The van der Waals surface area contributed by atoms with Crippen molar-refractivity contribution in [2.45, 2.75) is 0 Å². The lowest BCUT2D eigenvalue weighted by Crippen LogP contribution is -2.22. The van der Waals surface area contributed by atoms with E-state index in [0.717, 1.165) is 22.5 Å². The molecule has 1 heterocycles. The van der Waals surface area contributed by atoms with Gasteiger partial charge in [-0.1, -0.05) is 36.0 Å². The van der Waals surface area contributed by atoms with Gasteiger partial charge in [0.2, 0.25) is 0 Å². The number of benzene rings is 2. The zero-order valence-corrected chi connectivity index (χ0v) is 17.9. The molecule has 0 aliphatic carbocycles. The van der Waals surface area contributed by atoms with E-state index in [2.05, 4.69) is 5.10 Å². The number of thioether (sulfide) groups is 1. The van der Waals surface area contributed by atoms with Gasteiger partial charge in [0.05, 0.1) is 11.1 Å². The van der Waals surface area contributed by atoms with Gasteiger partial charge >= 0.3 is 0 Å². The summed E-state index contributed by atoms with van der Waals surface area (Å²) in [5.41, 5.74) is 4.07. The highest BCUT2D eigenvalue weighted by Gasteiger charge is 2.32. The molecular formula is C21H22N4OS2. The molecule has 2 aromatic rings. The van der Waals surface area contributed by atoms with Crippen LogP contribution in [0, 0.1) is 0 Å². The Labute approximate surface area is 175 Å². The molecule has 0 spiro atoms. The maximum atomic E-state index is 12.7. The standard InChI is InChI=1S/C21H22N4OS2/c1-23(2)17-9-5-15(6-10-17)13-19-20(26)25(21(27)28-19)22-14-16-7-11-18(12-8-16)24(3)4/h5-14H,1-4H3/b19-13-,22-14+. The molecule has 1 aliphatic heterocycles. The van der Waals surface area contributed by atoms with Crippen LogP contribution in [0.2, 0.25) is 0 Å². The van der Waals surface area contributed by atoms with Crippen LogP contribution in [0.3, 0.4) is 0 Å². The molecule has 3 rings (SSSR count). The van der Waals surface area contributed by atoms with Gasteiger partial charge < -0.3 is 9.80 Å². The van der Waals surface area contributed by atoms with Gasteiger partial charge in [-0.2, -0.15) is 10.1 Å². The normalized spacial score (nSPS) is 15.7. The summed E-state index contributed by atoms with van der Waals surface area (Å²) in [6.45, 7) is 0. The van der Waals surface area contributed by atoms with Crippen LogP contribution in [-0.2, 0) is 4.79 Å². The number of carbonyl (C=O) groups excluding carboxylic acids is 1. The number of anilines is 2. The first-order chi connectivity index (χ1) is 13.3. The van der Waals surface area contributed by atoms with Crippen molar-refractivity contribution in [3.05, 3.63) is 64.6 Å². The molecule has 144 valence electrons. The Balaban J connectivity index is 1.74. The Morgan fingerprint density at radius 3 is 1.89 bits per heavy atom. The Hall–Kier alpha value is -2.64. The second kappa shape index (κ2) is 8.58. The van der Waals surface area contributed by atoms with Crippen molar-refractivity contribution in [1.82, 2.24) is 5.01 Å². The summed E-state index contributed by atoms with van der Waals surface area (Å²) in [4.78, 5) is 17.3. The van der Waals surface area contributed by atoms with Crippen molar-refractivity contribution in [2.75, 3.05) is 38.0 Å². The third-order valence-corrected chi connectivity index (χ3v) is 5.50. The maximum absolute atomic E-state index is 12.7. The average Bonchev–Trinajstić information content (AvgIpc) is 2.94. The molecule has 5 nitrogen and oxygen atoms in total. The number of nitrogens with zero attached hydrogens (tertiary/aromatic N) is 4. The lowest BCUT2D eigenvalue weighted by atomic mass is 10.2. The number of thiocarbonyl (C=S) groups is 1. The van der Waals surface area contributed by atoms with E-state index in [-0.39, 0.29) is 5.91 Å². The first-order valence-corrected chi connectivity index (χ1v) is 9.94. The minimum absolute atomic E-state index is 0.201. The molecule has 0 atom stereocenters. The van der Waals surface area contributed by atoms with Crippen LogP contribution in [0.1, 0.15) is 11.1 Å². The zero-order chi connectivity index (χ0) is 20.3. The van der Waals surface area contributed by atoms with Crippen molar-refractivity contribution >= 4 is 57.9 Å². The Morgan fingerprint density at radius 2 is 1.39 bits per heavy atom. The highest BCUT2D eigenvalue weighted by Crippen LogP contribution is 2.33. The van der Waals surface area contributed by atoms with Crippen LogP contribution in [0.15, 0.2) is 58.5 Å². The molecule has 1 fully saturated rings. The van der Waals surface area contributed by atoms with Crippen LogP contribution in [-0.4, -0.2) is 49.6 Å². The van der Waals surface area contributed by atoms with Crippen molar-refractivity contribution in [2.24, 2.45) is 5.10 Å². The smallest absolute Gasteiger partial charge is 0.286 e. The molecule has 0 N–H and O–H groups in total. The number of hydrogen-bond acceptors (Lipinski definition) is 6. The lowest BCUT2D eigenvalue weighted by molar-refractivity contribution is -0.122. The van der Waals surface area contributed by atoms with E-state index in [1.54, 1.807) is 6.21 Å². The number of rotatable bonds is 5. The first kappa shape index (κ1) is 20.1. The van der Waals surface area contributed by atoms with Crippen LogP contribution < -0.4 is 9.80 Å². The van der Waals surface area contributed by atoms with Crippen LogP contribution >= 0.6 is 24.0 Å². The molecule has 0 unspecified atom stereocenters. The molecule has 2 aromatic carbocycles. The van der Waals surface area contributed by atoms with E-state index in [9.17, 15) is 4.79 Å². The van der Waals surface area contributed by atoms with E-state index in [4.69, 9.17) is 12.2 Å². The Morgan fingerprint density at radius 1 is 0.893 bits per heavy atom. The lowest BCUT2D eigenvalue weighted by Gasteiger charge is -2.12.